The molecular weight excluding hydrogens is 270 g/mol. The van der Waals surface area contributed by atoms with E-state index in [4.69, 9.17) is 4.74 Å². The summed E-state index contributed by atoms with van der Waals surface area (Å²) in [7, 11) is 0. The van der Waals surface area contributed by atoms with Crippen molar-refractivity contribution in [3.63, 3.8) is 0 Å². The summed E-state index contributed by atoms with van der Waals surface area (Å²) in [6.45, 7) is 1.33. The second kappa shape index (κ2) is 6.03. The molecule has 1 aliphatic heterocycles. The maximum absolute atomic E-state index is 12.2. The Hall–Kier alpha value is -1.59. The predicted molar refractivity (Wildman–Crippen MR) is 76.4 cm³/mol. The molecule has 0 spiro atoms. The first-order valence-corrected chi connectivity index (χ1v) is 7.45. The molecule has 5 nitrogen and oxygen atoms in total. The zero-order chi connectivity index (χ0) is 14.8. The predicted octanol–water partition coefficient (Wildman–Crippen LogP) is 1.39. The standard InChI is InChI=1S/C16H21NO4/c18-14-7-12-6-13(15(14)19)9-17(8-12)16(20)21-10-11-4-2-1-3-5-11/h1-5,12-15,18-19H,6-10H2/t12-,13+,14-,15+/m1/s1. The Labute approximate surface area is 124 Å². The Balaban J connectivity index is 1.56. The van der Waals surface area contributed by atoms with E-state index in [1.165, 1.54) is 0 Å². The van der Waals surface area contributed by atoms with Crippen molar-refractivity contribution in [3.05, 3.63) is 35.9 Å². The minimum absolute atomic E-state index is 0.0447. The van der Waals surface area contributed by atoms with Crippen LogP contribution in [0.15, 0.2) is 30.3 Å². The number of hydrogen-bond acceptors (Lipinski definition) is 4. The normalized spacial score (nSPS) is 31.8. The highest BCUT2D eigenvalue weighted by atomic mass is 16.6. The van der Waals surface area contributed by atoms with Gasteiger partial charge in [0, 0.05) is 19.0 Å². The van der Waals surface area contributed by atoms with Gasteiger partial charge in [-0.15, -0.1) is 0 Å². The molecular formula is C16H21NO4. The molecule has 2 fully saturated rings. The summed E-state index contributed by atoms with van der Waals surface area (Å²) in [5.41, 5.74) is 0.957. The number of benzene rings is 1. The van der Waals surface area contributed by atoms with Crippen LogP contribution in [0.2, 0.25) is 0 Å². The monoisotopic (exact) mass is 291 g/mol. The number of piperidine rings is 1. The molecule has 0 aromatic heterocycles. The van der Waals surface area contributed by atoms with Crippen LogP contribution >= 0.6 is 0 Å². The van der Waals surface area contributed by atoms with Crippen molar-refractivity contribution in [1.29, 1.82) is 0 Å². The number of aliphatic hydroxyl groups is 2. The van der Waals surface area contributed by atoms with Crippen LogP contribution in [0.3, 0.4) is 0 Å². The number of aliphatic hydroxyl groups excluding tert-OH is 2. The summed E-state index contributed by atoms with van der Waals surface area (Å²) in [4.78, 5) is 13.8. The quantitative estimate of drug-likeness (QED) is 0.864. The first-order valence-electron chi connectivity index (χ1n) is 7.45. The van der Waals surface area contributed by atoms with Crippen LogP contribution in [0.25, 0.3) is 0 Å². The van der Waals surface area contributed by atoms with Crippen molar-refractivity contribution < 1.29 is 19.7 Å². The van der Waals surface area contributed by atoms with Crippen molar-refractivity contribution in [3.8, 4) is 0 Å². The molecule has 2 N–H and O–H groups in total. The highest BCUT2D eigenvalue weighted by Gasteiger charge is 2.42. The highest BCUT2D eigenvalue weighted by molar-refractivity contribution is 5.67. The topological polar surface area (TPSA) is 70.0 Å². The van der Waals surface area contributed by atoms with E-state index in [1.807, 2.05) is 30.3 Å². The van der Waals surface area contributed by atoms with Crippen LogP contribution in [-0.2, 0) is 11.3 Å². The van der Waals surface area contributed by atoms with Crippen molar-refractivity contribution in [1.82, 2.24) is 4.90 Å². The summed E-state index contributed by atoms with van der Waals surface area (Å²) in [5, 5.41) is 19.7. The van der Waals surface area contributed by atoms with Crippen LogP contribution < -0.4 is 0 Å². The van der Waals surface area contributed by atoms with Gasteiger partial charge in [-0.3, -0.25) is 0 Å². The van der Waals surface area contributed by atoms with Gasteiger partial charge in [-0.2, -0.15) is 0 Å². The SMILES string of the molecule is O=C(OCc1ccccc1)N1C[C@@H]2C[C@@H](C1)[C@H](O)[C@H](O)C2. The van der Waals surface area contributed by atoms with E-state index in [0.717, 1.165) is 12.0 Å². The third-order valence-electron chi connectivity index (χ3n) is 4.48. The molecule has 1 aromatic carbocycles. The number of ether oxygens (including phenoxy) is 1. The van der Waals surface area contributed by atoms with E-state index in [2.05, 4.69) is 0 Å². The Morgan fingerprint density at radius 2 is 1.95 bits per heavy atom. The first-order chi connectivity index (χ1) is 10.1. The van der Waals surface area contributed by atoms with Crippen LogP contribution in [0.4, 0.5) is 4.79 Å². The Bertz CT molecular complexity index is 490. The number of carbonyl (C=O) groups is 1. The molecule has 2 aliphatic rings. The summed E-state index contributed by atoms with van der Waals surface area (Å²) in [5.74, 6) is 0.211. The molecule has 1 aliphatic carbocycles. The maximum atomic E-state index is 12.2. The van der Waals surface area contributed by atoms with Gasteiger partial charge in [0.2, 0.25) is 0 Å². The van der Waals surface area contributed by atoms with Gasteiger partial charge in [0.1, 0.15) is 6.61 Å². The maximum Gasteiger partial charge on any atom is 0.410 e. The molecule has 0 radical (unpaired) electrons. The highest BCUT2D eigenvalue weighted by Crippen LogP contribution is 2.35. The fraction of sp³-hybridized carbons (Fsp3) is 0.562. The van der Waals surface area contributed by atoms with Crippen molar-refractivity contribution in [2.45, 2.75) is 31.7 Å². The van der Waals surface area contributed by atoms with Crippen molar-refractivity contribution in [2.75, 3.05) is 13.1 Å². The largest absolute Gasteiger partial charge is 0.445 e. The molecule has 114 valence electrons. The number of amides is 1. The lowest BCUT2D eigenvalue weighted by Gasteiger charge is -2.45. The smallest absolute Gasteiger partial charge is 0.410 e. The lowest BCUT2D eigenvalue weighted by molar-refractivity contribution is -0.0908. The van der Waals surface area contributed by atoms with E-state index < -0.39 is 12.2 Å². The average molecular weight is 291 g/mol. The molecule has 1 saturated heterocycles. The molecule has 5 heteroatoms. The molecule has 21 heavy (non-hydrogen) atoms. The Morgan fingerprint density at radius 3 is 2.71 bits per heavy atom. The van der Waals surface area contributed by atoms with Gasteiger partial charge in [-0.1, -0.05) is 30.3 Å². The van der Waals surface area contributed by atoms with E-state index in [0.29, 0.717) is 19.5 Å². The number of fused-ring (bicyclic) bond motifs is 2. The van der Waals surface area contributed by atoms with Gasteiger partial charge >= 0.3 is 6.09 Å². The zero-order valence-corrected chi connectivity index (χ0v) is 11.9. The molecule has 1 aromatic rings. The van der Waals surface area contributed by atoms with Gasteiger partial charge in [0.15, 0.2) is 0 Å². The van der Waals surface area contributed by atoms with E-state index in [9.17, 15) is 15.0 Å². The van der Waals surface area contributed by atoms with Gasteiger partial charge < -0.3 is 19.8 Å². The number of carbonyl (C=O) groups excluding carboxylic acids is 1. The van der Waals surface area contributed by atoms with E-state index >= 15 is 0 Å². The second-order valence-corrected chi connectivity index (χ2v) is 6.10. The van der Waals surface area contributed by atoms with Crippen molar-refractivity contribution in [2.24, 2.45) is 11.8 Å². The van der Waals surface area contributed by atoms with Gasteiger partial charge in [0.05, 0.1) is 12.2 Å². The zero-order valence-electron chi connectivity index (χ0n) is 11.9. The molecule has 2 bridgehead atoms. The third kappa shape index (κ3) is 3.19. The molecule has 0 unspecified atom stereocenters. The number of hydrogen-bond donors (Lipinski definition) is 2. The fourth-order valence-electron chi connectivity index (χ4n) is 3.42. The molecule has 1 heterocycles. The third-order valence-corrected chi connectivity index (χ3v) is 4.48. The number of rotatable bonds is 2. The van der Waals surface area contributed by atoms with Crippen LogP contribution in [0, 0.1) is 11.8 Å². The van der Waals surface area contributed by atoms with Crippen LogP contribution in [-0.4, -0.2) is 46.5 Å². The summed E-state index contributed by atoms with van der Waals surface area (Å²) < 4.78 is 5.34. The van der Waals surface area contributed by atoms with Crippen LogP contribution in [0.5, 0.6) is 0 Å². The Morgan fingerprint density at radius 1 is 1.19 bits per heavy atom. The van der Waals surface area contributed by atoms with Crippen LogP contribution in [0.1, 0.15) is 18.4 Å². The average Bonchev–Trinajstić information content (AvgIpc) is 2.51. The minimum atomic E-state index is -0.731. The summed E-state index contributed by atoms with van der Waals surface area (Å²) in [6.07, 6.45) is -0.291. The van der Waals surface area contributed by atoms with Gasteiger partial charge in [-0.25, -0.2) is 4.79 Å². The molecule has 1 saturated carbocycles. The van der Waals surface area contributed by atoms with E-state index in [1.54, 1.807) is 4.90 Å². The van der Waals surface area contributed by atoms with E-state index in [-0.39, 0.29) is 24.5 Å². The summed E-state index contributed by atoms with van der Waals surface area (Å²) in [6, 6.07) is 9.57. The summed E-state index contributed by atoms with van der Waals surface area (Å²) >= 11 is 0. The van der Waals surface area contributed by atoms with Gasteiger partial charge in [-0.05, 0) is 24.3 Å². The van der Waals surface area contributed by atoms with Gasteiger partial charge in [0.25, 0.3) is 0 Å². The number of nitrogens with zero attached hydrogens (tertiary/aromatic N) is 1. The molecule has 3 rings (SSSR count). The molecule has 1 amide bonds. The van der Waals surface area contributed by atoms with Crippen molar-refractivity contribution >= 4 is 6.09 Å². The fourth-order valence-corrected chi connectivity index (χ4v) is 3.42. The first kappa shape index (κ1) is 14.4. The molecule has 4 atom stereocenters. The minimum Gasteiger partial charge on any atom is -0.445 e. The lowest BCUT2D eigenvalue weighted by atomic mass is 9.74. The second-order valence-electron chi connectivity index (χ2n) is 6.10. The number of likely N-dealkylation sites (tertiary alicyclic amines) is 1. The lowest BCUT2D eigenvalue weighted by Crippen LogP contribution is -2.54. The Kier molecular flexibility index (Phi) is 4.12.